The Morgan fingerprint density at radius 1 is 1.53 bits per heavy atom. The van der Waals surface area contributed by atoms with E-state index in [2.05, 4.69) is 16.4 Å². The summed E-state index contributed by atoms with van der Waals surface area (Å²) >= 11 is 0. The molecule has 0 aliphatic rings. The number of rotatable bonds is 4. The lowest BCUT2D eigenvalue weighted by atomic mass is 10.3. The molecule has 0 unspecified atom stereocenters. The van der Waals surface area contributed by atoms with Gasteiger partial charge in [-0.15, -0.1) is 0 Å². The summed E-state index contributed by atoms with van der Waals surface area (Å²) in [6.07, 6.45) is 2.63. The third kappa shape index (κ3) is 2.08. The zero-order chi connectivity index (χ0) is 12.3. The van der Waals surface area contributed by atoms with Crippen molar-refractivity contribution in [2.75, 3.05) is 20.7 Å². The van der Waals surface area contributed by atoms with Crippen molar-refractivity contribution in [1.82, 2.24) is 14.7 Å². The van der Waals surface area contributed by atoms with Gasteiger partial charge in [-0.05, 0) is 19.2 Å². The van der Waals surface area contributed by atoms with E-state index in [1.807, 2.05) is 29.8 Å². The number of methoxy groups -OCH3 is 1. The Bertz CT molecular complexity index is 568. The SMILES string of the molecule is CNCCc1nc(C#N)c2ccc(OC)cn12. The first kappa shape index (κ1) is 11.4. The normalized spacial score (nSPS) is 10.4. The van der Waals surface area contributed by atoms with Crippen molar-refractivity contribution in [3.8, 4) is 11.8 Å². The quantitative estimate of drug-likeness (QED) is 0.850. The van der Waals surface area contributed by atoms with Crippen molar-refractivity contribution in [3.05, 3.63) is 29.8 Å². The molecule has 2 rings (SSSR count). The standard InChI is InChI=1S/C12H14N4O/c1-14-6-5-12-15-10(7-13)11-4-3-9(17-2)8-16(11)12/h3-4,8,14H,5-6H2,1-2H3. The van der Waals surface area contributed by atoms with Crippen LogP contribution in [-0.4, -0.2) is 30.1 Å². The highest BCUT2D eigenvalue weighted by molar-refractivity contribution is 5.59. The molecule has 0 aromatic carbocycles. The van der Waals surface area contributed by atoms with E-state index >= 15 is 0 Å². The third-order valence-electron chi connectivity index (χ3n) is 2.62. The summed E-state index contributed by atoms with van der Waals surface area (Å²) in [4.78, 5) is 4.33. The van der Waals surface area contributed by atoms with Crippen LogP contribution in [0.5, 0.6) is 5.75 Å². The van der Waals surface area contributed by atoms with Crippen molar-refractivity contribution in [3.63, 3.8) is 0 Å². The number of aromatic nitrogens is 2. The second kappa shape index (κ2) is 4.85. The molecule has 0 amide bonds. The van der Waals surface area contributed by atoms with Gasteiger partial charge in [0.2, 0.25) is 0 Å². The van der Waals surface area contributed by atoms with Crippen LogP contribution in [0.4, 0.5) is 0 Å². The number of nitrogens with zero attached hydrogens (tertiary/aromatic N) is 3. The van der Waals surface area contributed by atoms with Crippen molar-refractivity contribution in [2.45, 2.75) is 6.42 Å². The minimum atomic E-state index is 0.457. The summed E-state index contributed by atoms with van der Waals surface area (Å²) in [5.74, 6) is 1.62. The molecule has 0 radical (unpaired) electrons. The molecule has 1 N–H and O–H groups in total. The Balaban J connectivity index is 2.54. The zero-order valence-electron chi connectivity index (χ0n) is 9.90. The Hall–Kier alpha value is -2.06. The van der Waals surface area contributed by atoms with Gasteiger partial charge in [-0.1, -0.05) is 0 Å². The lowest BCUT2D eigenvalue weighted by Crippen LogP contribution is -2.12. The molecular weight excluding hydrogens is 216 g/mol. The fraction of sp³-hybridized carbons (Fsp3) is 0.333. The molecule has 88 valence electrons. The van der Waals surface area contributed by atoms with Crippen LogP contribution in [0, 0.1) is 11.3 Å². The summed E-state index contributed by atoms with van der Waals surface area (Å²) in [5, 5.41) is 12.1. The fourth-order valence-corrected chi connectivity index (χ4v) is 1.74. The van der Waals surface area contributed by atoms with Gasteiger partial charge >= 0.3 is 0 Å². The van der Waals surface area contributed by atoms with Crippen LogP contribution in [0.15, 0.2) is 18.3 Å². The zero-order valence-corrected chi connectivity index (χ0v) is 9.90. The highest BCUT2D eigenvalue weighted by Gasteiger charge is 2.10. The Morgan fingerprint density at radius 3 is 3.00 bits per heavy atom. The number of hydrogen-bond donors (Lipinski definition) is 1. The van der Waals surface area contributed by atoms with Crippen LogP contribution in [-0.2, 0) is 6.42 Å². The van der Waals surface area contributed by atoms with Crippen LogP contribution in [0.1, 0.15) is 11.5 Å². The molecule has 5 heteroatoms. The van der Waals surface area contributed by atoms with Crippen LogP contribution in [0.3, 0.4) is 0 Å². The molecule has 0 saturated heterocycles. The van der Waals surface area contributed by atoms with Gasteiger partial charge in [0.05, 0.1) is 18.8 Å². The Kier molecular flexibility index (Phi) is 3.26. The average Bonchev–Trinajstić information content (AvgIpc) is 2.73. The van der Waals surface area contributed by atoms with Crippen molar-refractivity contribution in [1.29, 1.82) is 5.26 Å². The maximum atomic E-state index is 9.03. The highest BCUT2D eigenvalue weighted by atomic mass is 16.5. The Morgan fingerprint density at radius 2 is 2.35 bits per heavy atom. The molecule has 5 nitrogen and oxygen atoms in total. The fourth-order valence-electron chi connectivity index (χ4n) is 1.74. The molecule has 2 aromatic heterocycles. The molecule has 0 aliphatic heterocycles. The van der Waals surface area contributed by atoms with Crippen molar-refractivity contribution >= 4 is 5.52 Å². The van der Waals surface area contributed by atoms with E-state index in [4.69, 9.17) is 10.00 Å². The lowest BCUT2D eigenvalue weighted by molar-refractivity contribution is 0.412. The predicted octanol–water partition coefficient (Wildman–Crippen LogP) is 0.976. The van der Waals surface area contributed by atoms with Crippen LogP contribution < -0.4 is 10.1 Å². The minimum absolute atomic E-state index is 0.457. The van der Waals surface area contributed by atoms with Crippen LogP contribution >= 0.6 is 0 Å². The minimum Gasteiger partial charge on any atom is -0.495 e. The molecule has 2 aromatic rings. The van der Waals surface area contributed by atoms with E-state index in [1.54, 1.807) is 7.11 Å². The summed E-state index contributed by atoms with van der Waals surface area (Å²) in [5.41, 5.74) is 1.28. The van der Waals surface area contributed by atoms with Gasteiger partial charge in [0.25, 0.3) is 0 Å². The lowest BCUT2D eigenvalue weighted by Gasteiger charge is -2.03. The molecule has 0 spiro atoms. The number of ether oxygens (including phenoxy) is 1. The number of fused-ring (bicyclic) bond motifs is 1. The molecule has 0 aliphatic carbocycles. The van der Waals surface area contributed by atoms with Gasteiger partial charge in [0.15, 0.2) is 5.69 Å². The van der Waals surface area contributed by atoms with E-state index in [0.717, 1.165) is 30.1 Å². The van der Waals surface area contributed by atoms with E-state index in [9.17, 15) is 0 Å². The van der Waals surface area contributed by atoms with Crippen LogP contribution in [0.25, 0.3) is 5.52 Å². The number of nitriles is 1. The molecule has 0 saturated carbocycles. The first-order valence-electron chi connectivity index (χ1n) is 5.40. The van der Waals surface area contributed by atoms with Gasteiger partial charge < -0.3 is 10.1 Å². The third-order valence-corrected chi connectivity index (χ3v) is 2.62. The van der Waals surface area contributed by atoms with Gasteiger partial charge in [0, 0.05) is 13.0 Å². The second-order valence-corrected chi connectivity index (χ2v) is 3.67. The number of hydrogen-bond acceptors (Lipinski definition) is 4. The van der Waals surface area contributed by atoms with Gasteiger partial charge in [0.1, 0.15) is 17.6 Å². The molecule has 17 heavy (non-hydrogen) atoms. The van der Waals surface area contributed by atoms with Crippen LogP contribution in [0.2, 0.25) is 0 Å². The van der Waals surface area contributed by atoms with Gasteiger partial charge in [-0.3, -0.25) is 4.40 Å². The van der Waals surface area contributed by atoms with E-state index < -0.39 is 0 Å². The maximum absolute atomic E-state index is 9.03. The summed E-state index contributed by atoms with van der Waals surface area (Å²) in [6, 6.07) is 5.80. The maximum Gasteiger partial charge on any atom is 0.166 e. The topological polar surface area (TPSA) is 62.3 Å². The van der Waals surface area contributed by atoms with Gasteiger partial charge in [-0.25, -0.2) is 4.98 Å². The summed E-state index contributed by atoms with van der Waals surface area (Å²) < 4.78 is 7.09. The summed E-state index contributed by atoms with van der Waals surface area (Å²) in [6.45, 7) is 0.821. The van der Waals surface area contributed by atoms with E-state index in [1.165, 1.54) is 0 Å². The predicted molar refractivity (Wildman–Crippen MR) is 64.1 cm³/mol. The smallest absolute Gasteiger partial charge is 0.166 e. The molecule has 0 atom stereocenters. The highest BCUT2D eigenvalue weighted by Crippen LogP contribution is 2.18. The summed E-state index contributed by atoms with van der Waals surface area (Å²) in [7, 11) is 3.51. The molecular formula is C12H14N4O. The Labute approximate surface area is 99.6 Å². The number of likely N-dealkylation sites (N-methyl/N-ethyl adjacent to an activating group) is 1. The largest absolute Gasteiger partial charge is 0.495 e. The first-order chi connectivity index (χ1) is 8.30. The molecule has 2 heterocycles. The van der Waals surface area contributed by atoms with Gasteiger partial charge in [-0.2, -0.15) is 5.26 Å². The monoisotopic (exact) mass is 230 g/mol. The average molecular weight is 230 g/mol. The number of imidazole rings is 1. The van der Waals surface area contributed by atoms with Crippen molar-refractivity contribution in [2.24, 2.45) is 0 Å². The van der Waals surface area contributed by atoms with E-state index in [0.29, 0.717) is 5.69 Å². The first-order valence-corrected chi connectivity index (χ1v) is 5.40. The number of pyridine rings is 1. The van der Waals surface area contributed by atoms with Crippen molar-refractivity contribution < 1.29 is 4.74 Å². The second-order valence-electron chi connectivity index (χ2n) is 3.67. The molecule has 0 bridgehead atoms. The van der Waals surface area contributed by atoms with E-state index in [-0.39, 0.29) is 0 Å². The number of nitrogens with one attached hydrogen (secondary N) is 1. The molecule has 0 fully saturated rings.